The molecule has 0 bridgehead atoms. The van der Waals surface area contributed by atoms with E-state index in [0.29, 0.717) is 12.6 Å². The van der Waals surface area contributed by atoms with Gasteiger partial charge in [-0.15, -0.1) is 0 Å². The van der Waals surface area contributed by atoms with Crippen molar-refractivity contribution in [2.24, 2.45) is 0 Å². The normalized spacial score (nSPS) is 36.0. The van der Waals surface area contributed by atoms with Gasteiger partial charge in [0.15, 0.2) is 0 Å². The molecule has 0 radical (unpaired) electrons. The monoisotopic (exact) mass is 230 g/mol. The predicted octanol–water partition coefficient (Wildman–Crippen LogP) is 0.190. The molecule has 0 amide bonds. The summed E-state index contributed by atoms with van der Waals surface area (Å²) in [4.78, 5) is 2.30. The Morgan fingerprint density at radius 1 is 1.38 bits per heavy atom. The third-order valence-corrected chi connectivity index (χ3v) is 3.31. The van der Waals surface area contributed by atoms with Crippen LogP contribution in [-0.2, 0) is 0 Å². The molecule has 4 nitrogen and oxygen atoms in total. The maximum Gasteiger partial charge on any atom is 0.0639 e. The second-order valence-electron chi connectivity index (χ2n) is 5.59. The van der Waals surface area contributed by atoms with E-state index in [9.17, 15) is 10.2 Å². The molecule has 3 N–H and O–H groups in total. The smallest absolute Gasteiger partial charge is 0.0639 e. The van der Waals surface area contributed by atoms with Crippen molar-refractivity contribution < 1.29 is 10.2 Å². The zero-order valence-electron chi connectivity index (χ0n) is 10.9. The average Bonchev–Trinajstić information content (AvgIpc) is 2.10. The van der Waals surface area contributed by atoms with Gasteiger partial charge >= 0.3 is 0 Å². The molecule has 4 atom stereocenters. The Morgan fingerprint density at radius 2 is 2.00 bits per heavy atom. The van der Waals surface area contributed by atoms with Crippen LogP contribution < -0.4 is 5.32 Å². The number of rotatable bonds is 4. The maximum atomic E-state index is 9.57. The van der Waals surface area contributed by atoms with Gasteiger partial charge in [-0.2, -0.15) is 0 Å². The fourth-order valence-corrected chi connectivity index (χ4v) is 2.57. The van der Waals surface area contributed by atoms with Crippen LogP contribution in [0.4, 0.5) is 0 Å². The largest absolute Gasteiger partial charge is 0.393 e. The molecule has 1 rings (SSSR count). The molecular formula is C12H26N2O2. The fourth-order valence-electron chi connectivity index (χ4n) is 2.57. The number of β-amino-alcohol motifs (C(OH)–C–C–N with tert-alkyl or cyclic N) is 1. The fraction of sp³-hybridized carbons (Fsp3) is 1.00. The van der Waals surface area contributed by atoms with Crippen molar-refractivity contribution in [2.45, 2.75) is 57.9 Å². The van der Waals surface area contributed by atoms with Crippen LogP contribution in [0.3, 0.4) is 0 Å². The van der Waals surface area contributed by atoms with Gasteiger partial charge in [-0.3, -0.25) is 4.90 Å². The van der Waals surface area contributed by atoms with Gasteiger partial charge in [-0.1, -0.05) is 0 Å². The Hall–Kier alpha value is -0.160. The average molecular weight is 230 g/mol. The van der Waals surface area contributed by atoms with Crippen LogP contribution in [0.1, 0.15) is 34.1 Å². The van der Waals surface area contributed by atoms with E-state index in [0.717, 1.165) is 19.5 Å². The van der Waals surface area contributed by atoms with E-state index in [1.165, 1.54) is 0 Å². The highest BCUT2D eigenvalue weighted by Gasteiger charge is 2.37. The third kappa shape index (κ3) is 3.70. The molecule has 1 saturated heterocycles. The summed E-state index contributed by atoms with van der Waals surface area (Å²) in [6, 6.07) is 0.445. The first kappa shape index (κ1) is 13.9. The maximum absolute atomic E-state index is 9.57. The molecule has 96 valence electrons. The van der Waals surface area contributed by atoms with Crippen LogP contribution in [0.15, 0.2) is 0 Å². The van der Waals surface area contributed by atoms with Crippen LogP contribution in [0, 0.1) is 0 Å². The van der Waals surface area contributed by atoms with Crippen molar-refractivity contribution in [3.8, 4) is 0 Å². The molecule has 1 fully saturated rings. The van der Waals surface area contributed by atoms with Crippen molar-refractivity contribution in [3.05, 3.63) is 0 Å². The SMILES string of the molecule is CC(O)CN1CC(C)NCC1(C)CC(C)O. The molecule has 1 aliphatic heterocycles. The van der Waals surface area contributed by atoms with Crippen LogP contribution in [0.5, 0.6) is 0 Å². The van der Waals surface area contributed by atoms with Gasteiger partial charge < -0.3 is 15.5 Å². The molecule has 0 aromatic carbocycles. The van der Waals surface area contributed by atoms with Crippen molar-refractivity contribution in [2.75, 3.05) is 19.6 Å². The van der Waals surface area contributed by atoms with Crippen molar-refractivity contribution in [1.29, 1.82) is 0 Å². The lowest BCUT2D eigenvalue weighted by atomic mass is 9.89. The summed E-state index contributed by atoms with van der Waals surface area (Å²) in [5.74, 6) is 0. The molecule has 0 aromatic rings. The van der Waals surface area contributed by atoms with E-state index in [4.69, 9.17) is 0 Å². The quantitative estimate of drug-likeness (QED) is 0.645. The summed E-state index contributed by atoms with van der Waals surface area (Å²) < 4.78 is 0. The van der Waals surface area contributed by atoms with E-state index in [1.54, 1.807) is 0 Å². The lowest BCUT2D eigenvalue weighted by Gasteiger charge is -2.48. The predicted molar refractivity (Wildman–Crippen MR) is 65.4 cm³/mol. The molecule has 0 spiro atoms. The molecule has 4 unspecified atom stereocenters. The lowest BCUT2D eigenvalue weighted by Crippen LogP contribution is -2.64. The molecule has 1 heterocycles. The molecule has 0 saturated carbocycles. The minimum atomic E-state index is -0.321. The summed E-state index contributed by atoms with van der Waals surface area (Å²) in [5, 5.41) is 22.6. The Balaban J connectivity index is 2.70. The number of aliphatic hydroxyl groups excluding tert-OH is 2. The highest BCUT2D eigenvalue weighted by Crippen LogP contribution is 2.24. The number of piperazine rings is 1. The summed E-state index contributed by atoms with van der Waals surface area (Å²) in [6.45, 7) is 10.4. The summed E-state index contributed by atoms with van der Waals surface area (Å²) in [5.41, 5.74) is -0.0579. The van der Waals surface area contributed by atoms with Gasteiger partial charge in [-0.25, -0.2) is 0 Å². The van der Waals surface area contributed by atoms with E-state index < -0.39 is 0 Å². The van der Waals surface area contributed by atoms with Gasteiger partial charge in [0.2, 0.25) is 0 Å². The Kier molecular flexibility index (Phi) is 4.73. The topological polar surface area (TPSA) is 55.7 Å². The van der Waals surface area contributed by atoms with Crippen LogP contribution in [-0.4, -0.2) is 58.5 Å². The minimum absolute atomic E-state index is 0.0579. The number of hydrogen-bond donors (Lipinski definition) is 3. The van der Waals surface area contributed by atoms with Crippen molar-refractivity contribution >= 4 is 0 Å². The number of aliphatic hydroxyl groups is 2. The van der Waals surface area contributed by atoms with Crippen LogP contribution in [0.25, 0.3) is 0 Å². The summed E-state index contributed by atoms with van der Waals surface area (Å²) >= 11 is 0. The molecule has 4 heteroatoms. The second-order valence-corrected chi connectivity index (χ2v) is 5.59. The van der Waals surface area contributed by atoms with Gasteiger partial charge in [0.25, 0.3) is 0 Å². The van der Waals surface area contributed by atoms with Gasteiger partial charge in [0.05, 0.1) is 12.2 Å². The summed E-state index contributed by atoms with van der Waals surface area (Å²) in [7, 11) is 0. The van der Waals surface area contributed by atoms with Crippen molar-refractivity contribution in [3.63, 3.8) is 0 Å². The van der Waals surface area contributed by atoms with E-state index in [-0.39, 0.29) is 17.7 Å². The zero-order valence-corrected chi connectivity index (χ0v) is 10.9. The number of nitrogens with one attached hydrogen (secondary N) is 1. The van der Waals surface area contributed by atoms with Crippen molar-refractivity contribution in [1.82, 2.24) is 10.2 Å². The van der Waals surface area contributed by atoms with Crippen LogP contribution >= 0.6 is 0 Å². The van der Waals surface area contributed by atoms with E-state index in [1.807, 2.05) is 13.8 Å². The zero-order chi connectivity index (χ0) is 12.3. The van der Waals surface area contributed by atoms with Gasteiger partial charge in [0.1, 0.15) is 0 Å². The minimum Gasteiger partial charge on any atom is -0.393 e. The third-order valence-electron chi connectivity index (χ3n) is 3.31. The standard InChI is InChI=1S/C12H26N2O2/c1-9-6-14(7-11(3)16)12(4,8-13-9)5-10(2)15/h9-11,13,15-16H,5-8H2,1-4H3. The van der Waals surface area contributed by atoms with E-state index >= 15 is 0 Å². The number of hydrogen-bond acceptors (Lipinski definition) is 4. The first-order chi connectivity index (χ1) is 7.33. The lowest BCUT2D eigenvalue weighted by molar-refractivity contribution is -0.00912. The Bertz CT molecular complexity index is 219. The number of nitrogens with zero attached hydrogens (tertiary/aromatic N) is 1. The van der Waals surface area contributed by atoms with Gasteiger partial charge in [-0.05, 0) is 34.1 Å². The van der Waals surface area contributed by atoms with E-state index in [2.05, 4.69) is 24.1 Å². The summed E-state index contributed by atoms with van der Waals surface area (Å²) in [6.07, 6.45) is 0.106. The molecule has 1 aliphatic rings. The molecular weight excluding hydrogens is 204 g/mol. The first-order valence-electron chi connectivity index (χ1n) is 6.18. The first-order valence-corrected chi connectivity index (χ1v) is 6.18. The molecule has 16 heavy (non-hydrogen) atoms. The highest BCUT2D eigenvalue weighted by atomic mass is 16.3. The molecule has 0 aromatic heterocycles. The Labute approximate surface area is 98.6 Å². The highest BCUT2D eigenvalue weighted by molar-refractivity contribution is 4.96. The molecule has 0 aliphatic carbocycles. The van der Waals surface area contributed by atoms with Crippen LogP contribution in [0.2, 0.25) is 0 Å². The second kappa shape index (κ2) is 5.45. The Morgan fingerprint density at radius 3 is 2.50 bits per heavy atom. The van der Waals surface area contributed by atoms with Gasteiger partial charge in [0, 0.05) is 31.2 Å².